The first kappa shape index (κ1) is 18.5. The summed E-state index contributed by atoms with van der Waals surface area (Å²) in [6.45, 7) is 0. The van der Waals surface area contributed by atoms with Crippen LogP contribution in [0.3, 0.4) is 0 Å². The van der Waals surface area contributed by atoms with E-state index in [1.165, 1.54) is 12.1 Å². The SMILES string of the molecule is O=C(ON1C(=O)c2ccccc2C1=O)c1cc(-c2ccccc2)n(-c2ccccc2)n1. The van der Waals surface area contributed by atoms with E-state index < -0.39 is 17.8 Å². The molecule has 0 atom stereocenters. The molecule has 5 rings (SSSR count). The van der Waals surface area contributed by atoms with Crippen LogP contribution in [0.2, 0.25) is 0 Å². The van der Waals surface area contributed by atoms with Crippen molar-refractivity contribution in [1.82, 2.24) is 14.8 Å². The number of nitrogens with zero attached hydrogens (tertiary/aromatic N) is 3. The van der Waals surface area contributed by atoms with Gasteiger partial charge in [0.15, 0.2) is 5.69 Å². The van der Waals surface area contributed by atoms with Gasteiger partial charge in [-0.15, -0.1) is 0 Å². The maximum absolute atomic E-state index is 12.8. The molecule has 0 unspecified atom stereocenters. The van der Waals surface area contributed by atoms with Gasteiger partial charge in [0.25, 0.3) is 11.8 Å². The summed E-state index contributed by atoms with van der Waals surface area (Å²) >= 11 is 0. The molecule has 1 aromatic heterocycles. The van der Waals surface area contributed by atoms with Crippen LogP contribution in [0.4, 0.5) is 0 Å². The molecule has 0 fully saturated rings. The minimum Gasteiger partial charge on any atom is -0.322 e. The van der Waals surface area contributed by atoms with Gasteiger partial charge in [-0.25, -0.2) is 9.48 Å². The largest absolute Gasteiger partial charge is 0.384 e. The van der Waals surface area contributed by atoms with Crippen LogP contribution in [0.1, 0.15) is 31.2 Å². The monoisotopic (exact) mass is 409 g/mol. The molecule has 31 heavy (non-hydrogen) atoms. The van der Waals surface area contributed by atoms with Gasteiger partial charge in [-0.1, -0.05) is 65.7 Å². The Kier molecular flexibility index (Phi) is 4.41. The molecule has 3 aromatic carbocycles. The number of carbonyl (C=O) groups excluding carboxylic acids is 3. The summed E-state index contributed by atoms with van der Waals surface area (Å²) in [6.07, 6.45) is 0. The third kappa shape index (κ3) is 3.18. The number of imide groups is 1. The molecule has 4 aromatic rings. The van der Waals surface area contributed by atoms with E-state index in [9.17, 15) is 14.4 Å². The number of hydrogen-bond donors (Lipinski definition) is 0. The number of fused-ring (bicyclic) bond motifs is 1. The average Bonchev–Trinajstić information content (AvgIpc) is 3.37. The maximum atomic E-state index is 12.8. The van der Waals surface area contributed by atoms with Crippen LogP contribution in [0.5, 0.6) is 0 Å². The molecule has 0 radical (unpaired) electrons. The summed E-state index contributed by atoms with van der Waals surface area (Å²) in [5.41, 5.74) is 2.63. The molecule has 7 nitrogen and oxygen atoms in total. The number of aromatic nitrogens is 2. The van der Waals surface area contributed by atoms with Gasteiger partial charge in [0, 0.05) is 5.56 Å². The van der Waals surface area contributed by atoms with E-state index in [2.05, 4.69) is 5.10 Å². The second kappa shape index (κ2) is 7.38. The summed E-state index contributed by atoms with van der Waals surface area (Å²) < 4.78 is 1.62. The molecule has 150 valence electrons. The van der Waals surface area contributed by atoms with Gasteiger partial charge in [-0.05, 0) is 30.3 Å². The van der Waals surface area contributed by atoms with E-state index in [0.717, 1.165) is 11.3 Å². The minimum absolute atomic E-state index is 0.0285. The summed E-state index contributed by atoms with van der Waals surface area (Å²) in [6, 6.07) is 26.7. The van der Waals surface area contributed by atoms with E-state index in [1.807, 2.05) is 60.7 Å². The van der Waals surface area contributed by atoms with Gasteiger partial charge in [0.1, 0.15) is 0 Å². The second-order valence-electron chi connectivity index (χ2n) is 6.86. The molecule has 2 heterocycles. The fourth-order valence-corrected chi connectivity index (χ4v) is 3.44. The van der Waals surface area contributed by atoms with Crippen molar-refractivity contribution >= 4 is 17.8 Å². The highest BCUT2D eigenvalue weighted by Gasteiger charge is 2.39. The molecule has 0 spiro atoms. The molecular weight excluding hydrogens is 394 g/mol. The predicted octanol–water partition coefficient (Wildman–Crippen LogP) is 3.91. The fourth-order valence-electron chi connectivity index (χ4n) is 3.44. The van der Waals surface area contributed by atoms with Crippen LogP contribution in [0.25, 0.3) is 16.9 Å². The van der Waals surface area contributed by atoms with Gasteiger partial charge in [-0.2, -0.15) is 5.10 Å². The number of benzene rings is 3. The summed E-state index contributed by atoms with van der Waals surface area (Å²) in [5, 5.41) is 4.87. The standard InChI is InChI=1S/C24H15N3O4/c28-22-18-13-7-8-14-19(18)23(29)27(22)31-24(30)20-15-21(16-9-3-1-4-10-16)26(25-20)17-11-5-2-6-12-17/h1-15H. The molecule has 0 saturated carbocycles. The maximum Gasteiger partial charge on any atom is 0.384 e. The van der Waals surface area contributed by atoms with Crippen LogP contribution >= 0.6 is 0 Å². The highest BCUT2D eigenvalue weighted by Crippen LogP contribution is 2.26. The van der Waals surface area contributed by atoms with Crippen molar-refractivity contribution in [2.24, 2.45) is 0 Å². The Bertz CT molecular complexity index is 1220. The van der Waals surface area contributed by atoms with E-state index in [-0.39, 0.29) is 16.8 Å². The van der Waals surface area contributed by atoms with E-state index in [4.69, 9.17) is 4.84 Å². The smallest absolute Gasteiger partial charge is 0.322 e. The summed E-state index contributed by atoms with van der Waals surface area (Å²) in [7, 11) is 0. The van der Waals surface area contributed by atoms with Crippen molar-refractivity contribution in [2.45, 2.75) is 0 Å². The molecule has 0 saturated heterocycles. The number of rotatable bonds is 4. The van der Waals surface area contributed by atoms with Crippen molar-refractivity contribution in [3.05, 3.63) is 108 Å². The minimum atomic E-state index is -0.902. The predicted molar refractivity (Wildman–Crippen MR) is 111 cm³/mol. The van der Waals surface area contributed by atoms with Gasteiger partial charge in [-0.3, -0.25) is 9.59 Å². The third-order valence-corrected chi connectivity index (χ3v) is 4.92. The Morgan fingerprint density at radius 2 is 1.29 bits per heavy atom. The molecule has 2 amide bonds. The second-order valence-corrected chi connectivity index (χ2v) is 6.86. The topological polar surface area (TPSA) is 81.5 Å². The van der Waals surface area contributed by atoms with Crippen molar-refractivity contribution < 1.29 is 19.2 Å². The van der Waals surface area contributed by atoms with Crippen LogP contribution in [-0.2, 0) is 4.84 Å². The van der Waals surface area contributed by atoms with Crippen LogP contribution < -0.4 is 0 Å². The number of amides is 2. The Balaban J connectivity index is 1.50. The van der Waals surface area contributed by atoms with Gasteiger partial charge < -0.3 is 4.84 Å². The normalized spacial score (nSPS) is 12.7. The number of carbonyl (C=O) groups is 3. The van der Waals surface area contributed by atoms with Crippen LogP contribution in [-0.4, -0.2) is 32.6 Å². The molecule has 1 aliphatic rings. The average molecular weight is 409 g/mol. The first-order valence-corrected chi connectivity index (χ1v) is 9.54. The third-order valence-electron chi connectivity index (χ3n) is 4.92. The van der Waals surface area contributed by atoms with Gasteiger partial charge in [0.05, 0.1) is 22.5 Å². The lowest BCUT2D eigenvalue weighted by molar-refractivity contribution is -0.0588. The Labute approximate surface area is 177 Å². The van der Waals surface area contributed by atoms with Crippen molar-refractivity contribution in [3.8, 4) is 16.9 Å². The van der Waals surface area contributed by atoms with Crippen LogP contribution in [0, 0.1) is 0 Å². The van der Waals surface area contributed by atoms with Crippen molar-refractivity contribution in [1.29, 1.82) is 0 Å². The first-order chi connectivity index (χ1) is 15.1. The van der Waals surface area contributed by atoms with Crippen LogP contribution in [0.15, 0.2) is 91.0 Å². The number of hydrogen-bond acceptors (Lipinski definition) is 5. The number of hydroxylamine groups is 2. The van der Waals surface area contributed by atoms with Gasteiger partial charge >= 0.3 is 5.97 Å². The van der Waals surface area contributed by atoms with E-state index in [1.54, 1.807) is 22.9 Å². The fraction of sp³-hybridized carbons (Fsp3) is 0. The Hall–Kier alpha value is -4.52. The first-order valence-electron chi connectivity index (χ1n) is 9.54. The summed E-state index contributed by atoms with van der Waals surface area (Å²) in [5.74, 6) is -2.26. The quantitative estimate of drug-likeness (QED) is 0.478. The Morgan fingerprint density at radius 3 is 1.90 bits per heavy atom. The highest BCUT2D eigenvalue weighted by molar-refractivity contribution is 6.21. The number of para-hydroxylation sites is 1. The summed E-state index contributed by atoms with van der Waals surface area (Å²) in [4.78, 5) is 43.0. The molecule has 1 aliphatic heterocycles. The van der Waals surface area contributed by atoms with E-state index in [0.29, 0.717) is 10.8 Å². The molecule has 0 N–H and O–H groups in total. The molecule has 0 bridgehead atoms. The van der Waals surface area contributed by atoms with E-state index >= 15 is 0 Å². The molecule has 0 aliphatic carbocycles. The van der Waals surface area contributed by atoms with Crippen molar-refractivity contribution in [2.75, 3.05) is 0 Å². The molecular formula is C24H15N3O4. The molecule has 7 heteroatoms. The lowest BCUT2D eigenvalue weighted by atomic mass is 10.1. The Morgan fingerprint density at radius 1 is 0.742 bits per heavy atom. The van der Waals surface area contributed by atoms with Crippen molar-refractivity contribution in [3.63, 3.8) is 0 Å². The van der Waals surface area contributed by atoms with Gasteiger partial charge in [0.2, 0.25) is 0 Å². The zero-order valence-corrected chi connectivity index (χ0v) is 16.1. The lowest BCUT2D eigenvalue weighted by Crippen LogP contribution is -2.32. The highest BCUT2D eigenvalue weighted by atomic mass is 16.7. The zero-order chi connectivity index (χ0) is 21.4. The lowest BCUT2D eigenvalue weighted by Gasteiger charge is -2.11. The zero-order valence-electron chi connectivity index (χ0n) is 16.1.